The lowest BCUT2D eigenvalue weighted by Crippen LogP contribution is -2.39. The van der Waals surface area contributed by atoms with Gasteiger partial charge in [0.05, 0.1) is 0 Å². The van der Waals surface area contributed by atoms with E-state index in [1.54, 1.807) is 11.9 Å². The normalized spacial score (nSPS) is 15.4. The molecule has 0 aromatic rings. The van der Waals surface area contributed by atoms with Crippen molar-refractivity contribution >= 4 is 6.09 Å². The predicted molar refractivity (Wildman–Crippen MR) is 66.3 cm³/mol. The lowest BCUT2D eigenvalue weighted by atomic mass is 10.1. The molecule has 0 bridgehead atoms. The minimum absolute atomic E-state index is 0.154. The molecule has 0 saturated carbocycles. The lowest BCUT2D eigenvalue weighted by Gasteiger charge is -2.29. The van der Waals surface area contributed by atoms with E-state index in [1.165, 1.54) is 0 Å². The van der Waals surface area contributed by atoms with Gasteiger partial charge in [0.2, 0.25) is 0 Å². The molecule has 0 rings (SSSR count). The number of nitrogens with zero attached hydrogens (tertiary/aromatic N) is 1. The van der Waals surface area contributed by atoms with Crippen molar-refractivity contribution < 1.29 is 9.53 Å². The molecule has 0 aliphatic heterocycles. The number of hydrogen-bond donors (Lipinski definition) is 1. The molecule has 0 fully saturated rings. The van der Waals surface area contributed by atoms with Gasteiger partial charge in [-0.2, -0.15) is 0 Å². The van der Waals surface area contributed by atoms with E-state index in [1.807, 2.05) is 34.6 Å². The first-order chi connectivity index (χ1) is 7.13. The van der Waals surface area contributed by atoms with Crippen molar-refractivity contribution in [2.45, 2.75) is 65.1 Å². The van der Waals surface area contributed by atoms with Gasteiger partial charge in [-0.05, 0) is 47.5 Å². The van der Waals surface area contributed by atoms with E-state index in [9.17, 15) is 4.79 Å². The van der Waals surface area contributed by atoms with Crippen LogP contribution in [0.2, 0.25) is 0 Å². The molecule has 0 spiro atoms. The minimum Gasteiger partial charge on any atom is -0.444 e. The van der Waals surface area contributed by atoms with Crippen molar-refractivity contribution in [3.05, 3.63) is 0 Å². The molecular weight excluding hydrogens is 204 g/mol. The van der Waals surface area contributed by atoms with E-state index in [2.05, 4.69) is 0 Å². The zero-order valence-electron chi connectivity index (χ0n) is 11.4. The highest BCUT2D eigenvalue weighted by Gasteiger charge is 2.22. The minimum atomic E-state index is -0.438. The molecule has 1 amide bonds. The van der Waals surface area contributed by atoms with Gasteiger partial charge in [0.1, 0.15) is 5.60 Å². The molecular formula is C12H26N2O2. The standard InChI is InChI=1S/C12H26N2O2/c1-9(13)7-8-10(2)14(6)11(15)16-12(3,4)5/h9-10H,7-8,13H2,1-6H3/t9-,10-/m1/s1. The first-order valence-electron chi connectivity index (χ1n) is 5.85. The Kier molecular flexibility index (Phi) is 5.79. The maximum absolute atomic E-state index is 11.7. The smallest absolute Gasteiger partial charge is 0.410 e. The molecule has 2 atom stereocenters. The van der Waals surface area contributed by atoms with E-state index >= 15 is 0 Å². The van der Waals surface area contributed by atoms with Crippen LogP contribution in [-0.2, 0) is 4.74 Å². The fourth-order valence-electron chi connectivity index (χ4n) is 1.21. The van der Waals surface area contributed by atoms with Crippen LogP contribution in [0, 0.1) is 0 Å². The summed E-state index contributed by atoms with van der Waals surface area (Å²) in [6.45, 7) is 9.58. The van der Waals surface area contributed by atoms with Gasteiger partial charge in [0, 0.05) is 19.1 Å². The molecule has 0 heterocycles. The van der Waals surface area contributed by atoms with Gasteiger partial charge in [0.15, 0.2) is 0 Å². The van der Waals surface area contributed by atoms with E-state index in [0.717, 1.165) is 12.8 Å². The van der Waals surface area contributed by atoms with Crippen LogP contribution >= 0.6 is 0 Å². The molecule has 16 heavy (non-hydrogen) atoms. The second kappa shape index (κ2) is 6.09. The second-order valence-corrected chi connectivity index (χ2v) is 5.49. The number of rotatable bonds is 4. The monoisotopic (exact) mass is 230 g/mol. The third kappa shape index (κ3) is 6.67. The Bertz CT molecular complexity index is 222. The summed E-state index contributed by atoms with van der Waals surface area (Å²) in [5.41, 5.74) is 5.25. The predicted octanol–water partition coefficient (Wildman–Crippen LogP) is 2.37. The van der Waals surface area contributed by atoms with Crippen molar-refractivity contribution in [1.82, 2.24) is 4.90 Å². The van der Waals surface area contributed by atoms with Gasteiger partial charge in [-0.15, -0.1) is 0 Å². The van der Waals surface area contributed by atoms with Crippen LogP contribution in [0.3, 0.4) is 0 Å². The second-order valence-electron chi connectivity index (χ2n) is 5.49. The van der Waals surface area contributed by atoms with Crippen LogP contribution in [0.5, 0.6) is 0 Å². The van der Waals surface area contributed by atoms with Crippen molar-refractivity contribution in [1.29, 1.82) is 0 Å². The Labute approximate surface area is 99.1 Å². The maximum Gasteiger partial charge on any atom is 0.410 e. The Morgan fingerprint density at radius 3 is 2.19 bits per heavy atom. The molecule has 0 radical (unpaired) electrons. The topological polar surface area (TPSA) is 55.6 Å². The number of hydrogen-bond acceptors (Lipinski definition) is 3. The number of ether oxygens (including phenoxy) is 1. The maximum atomic E-state index is 11.7. The molecule has 0 aromatic heterocycles. The van der Waals surface area contributed by atoms with Crippen LogP contribution in [0.1, 0.15) is 47.5 Å². The lowest BCUT2D eigenvalue weighted by molar-refractivity contribution is 0.0227. The Morgan fingerprint density at radius 1 is 1.31 bits per heavy atom. The Balaban J connectivity index is 4.12. The molecule has 4 heteroatoms. The van der Waals surface area contributed by atoms with Crippen LogP contribution in [0.25, 0.3) is 0 Å². The van der Waals surface area contributed by atoms with E-state index in [0.29, 0.717) is 0 Å². The summed E-state index contributed by atoms with van der Waals surface area (Å²) in [7, 11) is 1.76. The highest BCUT2D eigenvalue weighted by atomic mass is 16.6. The zero-order valence-corrected chi connectivity index (χ0v) is 11.4. The van der Waals surface area contributed by atoms with E-state index in [4.69, 9.17) is 10.5 Å². The molecule has 0 unspecified atom stereocenters. The highest BCUT2D eigenvalue weighted by Crippen LogP contribution is 2.13. The van der Waals surface area contributed by atoms with E-state index in [-0.39, 0.29) is 18.2 Å². The van der Waals surface area contributed by atoms with Crippen molar-refractivity contribution in [3.63, 3.8) is 0 Å². The zero-order chi connectivity index (χ0) is 12.9. The van der Waals surface area contributed by atoms with Gasteiger partial charge < -0.3 is 15.4 Å². The van der Waals surface area contributed by atoms with Gasteiger partial charge in [0.25, 0.3) is 0 Å². The average Bonchev–Trinajstić information content (AvgIpc) is 2.10. The highest BCUT2D eigenvalue weighted by molar-refractivity contribution is 5.68. The molecule has 0 aliphatic rings. The largest absolute Gasteiger partial charge is 0.444 e. The molecule has 4 nitrogen and oxygen atoms in total. The van der Waals surface area contributed by atoms with Crippen molar-refractivity contribution in [2.24, 2.45) is 5.73 Å². The fraction of sp³-hybridized carbons (Fsp3) is 0.917. The molecule has 0 aliphatic carbocycles. The van der Waals surface area contributed by atoms with Crippen LogP contribution in [0.15, 0.2) is 0 Å². The Morgan fingerprint density at radius 2 is 1.81 bits per heavy atom. The van der Waals surface area contributed by atoms with Gasteiger partial charge in [-0.1, -0.05) is 0 Å². The quantitative estimate of drug-likeness (QED) is 0.806. The van der Waals surface area contributed by atoms with Crippen LogP contribution in [-0.4, -0.2) is 35.7 Å². The molecule has 96 valence electrons. The van der Waals surface area contributed by atoms with Gasteiger partial charge in [-0.3, -0.25) is 0 Å². The summed E-state index contributed by atoms with van der Waals surface area (Å²) in [6.07, 6.45) is 1.53. The molecule has 0 aromatic carbocycles. The number of carbonyl (C=O) groups excluding carboxylic acids is 1. The Hall–Kier alpha value is -0.770. The van der Waals surface area contributed by atoms with Gasteiger partial charge in [-0.25, -0.2) is 4.79 Å². The van der Waals surface area contributed by atoms with Crippen molar-refractivity contribution in [3.8, 4) is 0 Å². The number of nitrogens with two attached hydrogens (primary N) is 1. The number of carbonyl (C=O) groups is 1. The van der Waals surface area contributed by atoms with Crippen molar-refractivity contribution in [2.75, 3.05) is 7.05 Å². The van der Waals surface area contributed by atoms with E-state index < -0.39 is 5.60 Å². The first-order valence-corrected chi connectivity index (χ1v) is 5.85. The fourth-order valence-corrected chi connectivity index (χ4v) is 1.21. The van der Waals surface area contributed by atoms with Crippen LogP contribution < -0.4 is 5.73 Å². The summed E-state index contributed by atoms with van der Waals surface area (Å²) in [5.74, 6) is 0. The SMILES string of the molecule is C[C@H](CC[C@@H](C)N)N(C)C(=O)OC(C)(C)C. The summed E-state index contributed by atoms with van der Waals surface area (Å²) in [4.78, 5) is 13.3. The summed E-state index contributed by atoms with van der Waals surface area (Å²) >= 11 is 0. The summed E-state index contributed by atoms with van der Waals surface area (Å²) < 4.78 is 5.28. The summed E-state index contributed by atoms with van der Waals surface area (Å²) in [6, 6.07) is 0.329. The molecule has 0 saturated heterocycles. The molecule has 2 N–H and O–H groups in total. The first kappa shape index (κ1) is 15.2. The van der Waals surface area contributed by atoms with Gasteiger partial charge >= 0.3 is 6.09 Å². The van der Waals surface area contributed by atoms with Crippen LogP contribution in [0.4, 0.5) is 4.79 Å². The number of amides is 1. The summed E-state index contributed by atoms with van der Waals surface area (Å²) in [5, 5.41) is 0. The average molecular weight is 230 g/mol. The third-order valence-corrected chi connectivity index (χ3v) is 2.38. The third-order valence-electron chi connectivity index (χ3n) is 2.38.